The molecule has 6 nitrogen and oxygen atoms in total. The number of carbonyl (C=O) groups is 1. The Labute approximate surface area is 243 Å². The number of nitrogens with zero attached hydrogens (tertiary/aromatic N) is 1. The van der Waals surface area contributed by atoms with Crippen molar-refractivity contribution < 1.29 is 27.6 Å². The zero-order valence-electron chi connectivity index (χ0n) is 21.5. The van der Waals surface area contributed by atoms with Crippen LogP contribution in [0.5, 0.6) is 0 Å². The second-order valence-electron chi connectivity index (χ2n) is 9.12. The van der Waals surface area contributed by atoms with Crippen LogP contribution in [0.15, 0.2) is 91.0 Å². The molecule has 0 amide bonds. The number of hydrogen-bond acceptors (Lipinski definition) is 5. The number of rotatable bonds is 9. The Morgan fingerprint density at radius 1 is 0.829 bits per heavy atom. The SMILES string of the molecule is COC(=O)C(c1ccc(Cl)cc1)(c1ccc(Cl)cc1)c1ccc([N+](=O)[O-])c(NCCc2ccc(C(F)(F)F)cc2)c1. The Hall–Kier alpha value is -4.08. The van der Waals surface area contributed by atoms with Crippen LogP contribution >= 0.6 is 23.2 Å². The molecule has 212 valence electrons. The molecular weight excluding hydrogens is 580 g/mol. The number of esters is 1. The minimum Gasteiger partial charge on any atom is -0.468 e. The summed E-state index contributed by atoms with van der Waals surface area (Å²) in [4.78, 5) is 25.0. The minimum atomic E-state index is -4.45. The summed E-state index contributed by atoms with van der Waals surface area (Å²) >= 11 is 12.3. The smallest absolute Gasteiger partial charge is 0.416 e. The molecule has 11 heteroatoms. The van der Waals surface area contributed by atoms with Crippen molar-refractivity contribution in [2.75, 3.05) is 19.0 Å². The fourth-order valence-electron chi connectivity index (χ4n) is 4.68. The number of benzene rings is 4. The Balaban J connectivity index is 1.79. The molecule has 0 bridgehead atoms. The van der Waals surface area contributed by atoms with Crippen molar-refractivity contribution in [3.8, 4) is 0 Å². The molecule has 0 saturated heterocycles. The van der Waals surface area contributed by atoms with Crippen LogP contribution < -0.4 is 5.32 Å². The summed E-state index contributed by atoms with van der Waals surface area (Å²) in [7, 11) is 1.25. The van der Waals surface area contributed by atoms with Crippen LogP contribution in [0.1, 0.15) is 27.8 Å². The van der Waals surface area contributed by atoms with Crippen LogP contribution in [-0.2, 0) is 27.5 Å². The van der Waals surface area contributed by atoms with Crippen molar-refractivity contribution in [1.82, 2.24) is 0 Å². The molecule has 4 aromatic rings. The van der Waals surface area contributed by atoms with Gasteiger partial charge in [-0.05, 0) is 71.1 Å². The maximum Gasteiger partial charge on any atom is 0.416 e. The average molecular weight is 603 g/mol. The van der Waals surface area contributed by atoms with Crippen molar-refractivity contribution in [2.45, 2.75) is 18.0 Å². The number of hydrogen-bond donors (Lipinski definition) is 1. The summed E-state index contributed by atoms with van der Waals surface area (Å²) in [6.07, 6.45) is -4.16. The number of carbonyl (C=O) groups excluding carboxylic acids is 1. The third kappa shape index (κ3) is 6.31. The number of alkyl halides is 3. The zero-order valence-corrected chi connectivity index (χ0v) is 23.1. The van der Waals surface area contributed by atoms with Gasteiger partial charge in [0, 0.05) is 22.7 Å². The highest BCUT2D eigenvalue weighted by atomic mass is 35.5. The number of methoxy groups -OCH3 is 1. The first-order chi connectivity index (χ1) is 19.5. The zero-order chi connectivity index (χ0) is 29.8. The van der Waals surface area contributed by atoms with Gasteiger partial charge in [-0.3, -0.25) is 14.9 Å². The average Bonchev–Trinajstić information content (AvgIpc) is 2.95. The number of nitro groups is 1. The summed E-state index contributed by atoms with van der Waals surface area (Å²) in [5.74, 6) is -0.647. The minimum absolute atomic E-state index is 0.121. The fourth-order valence-corrected chi connectivity index (χ4v) is 4.93. The molecule has 0 fully saturated rings. The van der Waals surface area contributed by atoms with Gasteiger partial charge in [-0.15, -0.1) is 0 Å². The van der Waals surface area contributed by atoms with Crippen molar-refractivity contribution in [3.05, 3.63) is 139 Å². The highest BCUT2D eigenvalue weighted by Gasteiger charge is 2.46. The van der Waals surface area contributed by atoms with Gasteiger partial charge in [-0.25, -0.2) is 0 Å². The molecule has 0 saturated carbocycles. The summed E-state index contributed by atoms with van der Waals surface area (Å²) in [6.45, 7) is 0.169. The van der Waals surface area contributed by atoms with E-state index in [1.807, 2.05) is 0 Å². The second kappa shape index (κ2) is 12.2. The van der Waals surface area contributed by atoms with E-state index in [2.05, 4.69) is 5.32 Å². The molecule has 4 rings (SSSR count). The molecule has 0 aliphatic rings. The normalized spacial score (nSPS) is 11.7. The van der Waals surface area contributed by atoms with Gasteiger partial charge in [0.05, 0.1) is 17.6 Å². The molecule has 1 N–H and O–H groups in total. The van der Waals surface area contributed by atoms with Gasteiger partial charge in [-0.2, -0.15) is 13.2 Å². The Morgan fingerprint density at radius 2 is 1.32 bits per heavy atom. The van der Waals surface area contributed by atoms with E-state index in [0.29, 0.717) is 32.3 Å². The highest BCUT2D eigenvalue weighted by molar-refractivity contribution is 6.30. The van der Waals surface area contributed by atoms with Crippen LogP contribution in [0, 0.1) is 10.1 Å². The van der Waals surface area contributed by atoms with Gasteiger partial charge in [0.2, 0.25) is 0 Å². The van der Waals surface area contributed by atoms with E-state index < -0.39 is 28.0 Å². The third-order valence-electron chi connectivity index (χ3n) is 6.68. The van der Waals surface area contributed by atoms with Gasteiger partial charge in [0.25, 0.3) is 5.69 Å². The first-order valence-corrected chi connectivity index (χ1v) is 13.0. The van der Waals surface area contributed by atoms with E-state index in [0.717, 1.165) is 12.1 Å². The molecule has 0 unspecified atom stereocenters. The van der Waals surface area contributed by atoms with E-state index in [-0.39, 0.29) is 24.3 Å². The van der Waals surface area contributed by atoms with E-state index in [9.17, 15) is 28.1 Å². The number of anilines is 1. The van der Waals surface area contributed by atoms with Gasteiger partial charge < -0.3 is 10.1 Å². The third-order valence-corrected chi connectivity index (χ3v) is 7.19. The van der Waals surface area contributed by atoms with Crippen LogP contribution in [0.3, 0.4) is 0 Å². The monoisotopic (exact) mass is 602 g/mol. The Morgan fingerprint density at radius 3 is 1.78 bits per heavy atom. The maximum atomic E-state index is 13.7. The topological polar surface area (TPSA) is 81.5 Å². The lowest BCUT2D eigenvalue weighted by atomic mass is 9.69. The number of ether oxygens (including phenoxy) is 1. The summed E-state index contributed by atoms with van der Waals surface area (Å²) in [5.41, 5.74) is -0.458. The molecule has 0 atom stereocenters. The molecule has 41 heavy (non-hydrogen) atoms. The molecule has 0 aliphatic heterocycles. The molecule has 0 spiro atoms. The largest absolute Gasteiger partial charge is 0.468 e. The van der Waals surface area contributed by atoms with E-state index in [1.54, 1.807) is 48.5 Å². The lowest BCUT2D eigenvalue weighted by Crippen LogP contribution is -2.39. The summed E-state index contributed by atoms with van der Waals surface area (Å²) in [5, 5.41) is 15.8. The van der Waals surface area contributed by atoms with E-state index in [4.69, 9.17) is 27.9 Å². The molecule has 0 aromatic heterocycles. The van der Waals surface area contributed by atoms with Crippen LogP contribution in [0.25, 0.3) is 0 Å². The molecular formula is C30H23Cl2F3N2O4. The standard InChI is InChI=1S/C30H23Cl2F3N2O4/c1-41-28(38)29(20-6-11-24(31)12-7-20,21-8-13-25(32)14-9-21)23-10-15-27(37(39)40)26(18-23)36-17-16-19-2-4-22(5-3-19)30(33,34)35/h2-15,18,36H,16-17H2,1H3. The van der Waals surface area contributed by atoms with E-state index >= 15 is 0 Å². The summed E-state index contributed by atoms with van der Waals surface area (Å²) in [6, 6.07) is 22.2. The molecule has 0 aliphatic carbocycles. The molecule has 0 heterocycles. The maximum absolute atomic E-state index is 13.7. The molecule has 4 aromatic carbocycles. The van der Waals surface area contributed by atoms with Crippen LogP contribution in [0.4, 0.5) is 24.5 Å². The van der Waals surface area contributed by atoms with Crippen molar-refractivity contribution in [1.29, 1.82) is 0 Å². The predicted octanol–water partition coefficient (Wildman–Crippen LogP) is 8.08. The Kier molecular flexibility index (Phi) is 8.89. The first-order valence-electron chi connectivity index (χ1n) is 12.3. The van der Waals surface area contributed by atoms with Crippen molar-refractivity contribution in [2.24, 2.45) is 0 Å². The van der Waals surface area contributed by atoms with Crippen LogP contribution in [-0.4, -0.2) is 24.5 Å². The Bertz CT molecular complexity index is 1500. The lowest BCUT2D eigenvalue weighted by Gasteiger charge is -2.33. The van der Waals surface area contributed by atoms with Gasteiger partial charge in [-0.1, -0.05) is 65.7 Å². The van der Waals surface area contributed by atoms with Gasteiger partial charge in [0.1, 0.15) is 11.1 Å². The molecule has 0 radical (unpaired) electrons. The van der Waals surface area contributed by atoms with Gasteiger partial charge in [0.15, 0.2) is 0 Å². The second-order valence-corrected chi connectivity index (χ2v) is 9.99. The van der Waals surface area contributed by atoms with Crippen molar-refractivity contribution in [3.63, 3.8) is 0 Å². The lowest BCUT2D eigenvalue weighted by molar-refractivity contribution is -0.384. The number of nitro benzene ring substituents is 1. The number of halogens is 5. The predicted molar refractivity (Wildman–Crippen MR) is 152 cm³/mol. The number of nitrogens with one attached hydrogen (secondary N) is 1. The van der Waals surface area contributed by atoms with Crippen LogP contribution in [0.2, 0.25) is 10.0 Å². The van der Waals surface area contributed by atoms with Crippen molar-refractivity contribution >= 4 is 40.5 Å². The summed E-state index contributed by atoms with van der Waals surface area (Å²) < 4.78 is 44.0. The first kappa shape index (κ1) is 29.9. The fraction of sp³-hybridized carbons (Fsp3) is 0.167. The quantitative estimate of drug-likeness (QED) is 0.0906. The van der Waals surface area contributed by atoms with Gasteiger partial charge >= 0.3 is 12.1 Å². The highest BCUT2D eigenvalue weighted by Crippen LogP contribution is 2.43. The van der Waals surface area contributed by atoms with E-state index in [1.165, 1.54) is 37.4 Å².